The maximum Gasteiger partial charge on any atom is 0.306 e. The molecule has 476 valence electrons. The fraction of sp³-hybridized carbons (Fsp3) is 0.803. The van der Waals surface area contributed by atoms with Crippen LogP contribution in [-0.4, -0.2) is 37.2 Å². The SMILES string of the molecule is CC/C=C\C/C=C\C/C=C\C/C=C\CCCCCCCCCCCCCCCCCCCCCCC(=O)OCC(COC(=O)CCCCCCC/C=C\CCCCCCCC)OC(=O)CCCCCCC/C=C\CCCCCCCCC. The van der Waals surface area contributed by atoms with Crippen LogP contribution in [0.5, 0.6) is 0 Å². The van der Waals surface area contributed by atoms with Crippen molar-refractivity contribution in [1.82, 2.24) is 0 Å². The van der Waals surface area contributed by atoms with E-state index in [0.717, 1.165) is 96.3 Å². The number of carbonyl (C=O) groups is 3. The zero-order valence-electron chi connectivity index (χ0n) is 54.8. The molecule has 82 heavy (non-hydrogen) atoms. The van der Waals surface area contributed by atoms with Crippen molar-refractivity contribution in [2.24, 2.45) is 0 Å². The van der Waals surface area contributed by atoms with Crippen LogP contribution in [0.15, 0.2) is 72.9 Å². The Balaban J connectivity index is 4.16. The van der Waals surface area contributed by atoms with Crippen LogP contribution >= 0.6 is 0 Å². The number of unbranched alkanes of at least 4 members (excludes halogenated alkanes) is 43. The van der Waals surface area contributed by atoms with E-state index in [4.69, 9.17) is 14.2 Å². The van der Waals surface area contributed by atoms with E-state index in [1.165, 1.54) is 238 Å². The predicted octanol–water partition coefficient (Wildman–Crippen LogP) is 24.8. The molecule has 1 unspecified atom stereocenters. The lowest BCUT2D eigenvalue weighted by molar-refractivity contribution is -0.167. The van der Waals surface area contributed by atoms with Crippen molar-refractivity contribution in [3.8, 4) is 0 Å². The Kier molecular flexibility index (Phi) is 67.6. The molecule has 6 nitrogen and oxygen atoms in total. The second-order valence-corrected chi connectivity index (χ2v) is 24.1. The second-order valence-electron chi connectivity index (χ2n) is 24.1. The Morgan fingerprint density at radius 2 is 0.476 bits per heavy atom. The molecule has 0 saturated heterocycles. The highest BCUT2D eigenvalue weighted by Crippen LogP contribution is 2.18. The van der Waals surface area contributed by atoms with Gasteiger partial charge in [0.15, 0.2) is 6.10 Å². The summed E-state index contributed by atoms with van der Waals surface area (Å²) in [7, 11) is 0. The van der Waals surface area contributed by atoms with Crippen molar-refractivity contribution >= 4 is 17.9 Å². The zero-order chi connectivity index (χ0) is 59.2. The molecule has 1 atom stereocenters. The van der Waals surface area contributed by atoms with Crippen molar-refractivity contribution in [1.29, 1.82) is 0 Å². The lowest BCUT2D eigenvalue weighted by Gasteiger charge is -2.18. The molecule has 0 aromatic carbocycles. The molecule has 0 saturated carbocycles. The fourth-order valence-electron chi connectivity index (χ4n) is 10.5. The summed E-state index contributed by atoms with van der Waals surface area (Å²) < 4.78 is 17.0. The number of allylic oxidation sites excluding steroid dienone is 12. The molecule has 0 aliphatic carbocycles. The minimum absolute atomic E-state index is 0.0764. The third kappa shape index (κ3) is 67.6. The first-order valence-electron chi connectivity index (χ1n) is 35.9. The predicted molar refractivity (Wildman–Crippen MR) is 358 cm³/mol. The van der Waals surface area contributed by atoms with Crippen molar-refractivity contribution in [3.63, 3.8) is 0 Å². The Hall–Kier alpha value is -3.15. The van der Waals surface area contributed by atoms with Crippen LogP contribution < -0.4 is 0 Å². The molecule has 0 radical (unpaired) electrons. The summed E-state index contributed by atoms with van der Waals surface area (Å²) in [5, 5.41) is 0. The number of hydrogen-bond acceptors (Lipinski definition) is 6. The van der Waals surface area contributed by atoms with Gasteiger partial charge in [0, 0.05) is 19.3 Å². The monoisotopic (exact) mass is 1150 g/mol. The average Bonchev–Trinajstić information content (AvgIpc) is 3.47. The van der Waals surface area contributed by atoms with Gasteiger partial charge in [-0.2, -0.15) is 0 Å². The molecule has 0 aromatic heterocycles. The molecule has 0 heterocycles. The number of hydrogen-bond donors (Lipinski definition) is 0. The Bertz CT molecular complexity index is 1500. The average molecular weight is 1150 g/mol. The van der Waals surface area contributed by atoms with Crippen LogP contribution in [-0.2, 0) is 28.6 Å². The topological polar surface area (TPSA) is 78.9 Å². The van der Waals surface area contributed by atoms with Gasteiger partial charge in [0.2, 0.25) is 0 Å². The lowest BCUT2D eigenvalue weighted by Crippen LogP contribution is -2.30. The van der Waals surface area contributed by atoms with Gasteiger partial charge >= 0.3 is 17.9 Å². The summed E-state index contributed by atoms with van der Waals surface area (Å²) in [5.41, 5.74) is 0. The third-order valence-electron chi connectivity index (χ3n) is 15.9. The Labute approximate surface area is 510 Å². The van der Waals surface area contributed by atoms with Gasteiger partial charge in [-0.15, -0.1) is 0 Å². The summed E-state index contributed by atoms with van der Waals surface area (Å²) in [6.45, 7) is 6.56. The molecular formula is C76H136O6. The Morgan fingerprint density at radius 1 is 0.256 bits per heavy atom. The molecular weight excluding hydrogens is 1010 g/mol. The summed E-state index contributed by atoms with van der Waals surface area (Å²) in [5.74, 6) is -0.871. The van der Waals surface area contributed by atoms with E-state index >= 15 is 0 Å². The van der Waals surface area contributed by atoms with E-state index in [-0.39, 0.29) is 31.1 Å². The molecule has 0 bridgehead atoms. The molecule has 0 rings (SSSR count). The van der Waals surface area contributed by atoms with Crippen molar-refractivity contribution < 1.29 is 28.6 Å². The highest BCUT2D eigenvalue weighted by Gasteiger charge is 2.19. The number of carbonyl (C=O) groups excluding carboxylic acids is 3. The molecule has 0 aromatic rings. The minimum Gasteiger partial charge on any atom is -0.462 e. The van der Waals surface area contributed by atoms with Crippen molar-refractivity contribution in [2.45, 2.75) is 380 Å². The van der Waals surface area contributed by atoms with Gasteiger partial charge in [0.05, 0.1) is 0 Å². The summed E-state index contributed by atoms with van der Waals surface area (Å²) in [6, 6.07) is 0. The molecule has 0 amide bonds. The van der Waals surface area contributed by atoms with Crippen molar-refractivity contribution in [3.05, 3.63) is 72.9 Å². The van der Waals surface area contributed by atoms with Gasteiger partial charge in [-0.25, -0.2) is 0 Å². The first kappa shape index (κ1) is 78.8. The van der Waals surface area contributed by atoms with Gasteiger partial charge in [0.1, 0.15) is 13.2 Å². The van der Waals surface area contributed by atoms with Gasteiger partial charge < -0.3 is 14.2 Å². The van der Waals surface area contributed by atoms with Crippen LogP contribution in [0.3, 0.4) is 0 Å². The zero-order valence-corrected chi connectivity index (χ0v) is 54.8. The minimum atomic E-state index is -0.781. The standard InChI is InChI=1S/C76H136O6/c1-4-7-10-13-16-19-22-25-28-30-31-32-33-34-35-36-37-38-39-40-41-42-43-44-45-46-49-51-54-57-60-63-66-69-75(78)81-72-73(71-80-74(77)68-65-62-59-56-53-50-47-27-24-21-18-15-12-9-6-3)82-76(79)70-67-64-61-58-55-52-48-29-26-23-20-17-14-11-8-5-2/h7,10,16,19,25,27-29,31-32,47-48,73H,4-6,8-9,11-15,17-18,20-24,26,30,33-46,49-72H2,1-3H3/b10-7-,19-16-,28-25-,32-31-,47-27-,48-29-. The number of ether oxygens (including phenoxy) is 3. The van der Waals surface area contributed by atoms with E-state index in [9.17, 15) is 14.4 Å². The second kappa shape index (κ2) is 70.3. The van der Waals surface area contributed by atoms with Crippen LogP contribution in [0.25, 0.3) is 0 Å². The van der Waals surface area contributed by atoms with E-state index in [1.807, 2.05) is 0 Å². The highest BCUT2D eigenvalue weighted by molar-refractivity contribution is 5.71. The normalized spacial score (nSPS) is 12.5. The summed E-state index contributed by atoms with van der Waals surface area (Å²) >= 11 is 0. The van der Waals surface area contributed by atoms with Crippen LogP contribution in [0.4, 0.5) is 0 Å². The van der Waals surface area contributed by atoms with Gasteiger partial charge in [-0.3, -0.25) is 14.4 Å². The quantitative estimate of drug-likeness (QED) is 0.0261. The van der Waals surface area contributed by atoms with E-state index in [1.54, 1.807) is 0 Å². The largest absolute Gasteiger partial charge is 0.462 e. The molecule has 0 N–H and O–H groups in total. The molecule has 0 fully saturated rings. The Morgan fingerprint density at radius 3 is 0.756 bits per heavy atom. The lowest BCUT2D eigenvalue weighted by atomic mass is 10.0. The van der Waals surface area contributed by atoms with E-state index in [0.29, 0.717) is 19.3 Å². The molecule has 6 heteroatoms. The summed E-state index contributed by atoms with van der Waals surface area (Å²) in [4.78, 5) is 38.4. The van der Waals surface area contributed by atoms with Crippen LogP contribution in [0, 0.1) is 0 Å². The van der Waals surface area contributed by atoms with Crippen molar-refractivity contribution in [2.75, 3.05) is 13.2 Å². The first-order chi connectivity index (χ1) is 40.5. The van der Waals surface area contributed by atoms with Gasteiger partial charge in [-0.1, -0.05) is 318 Å². The molecule has 0 aliphatic rings. The maximum atomic E-state index is 12.9. The smallest absolute Gasteiger partial charge is 0.306 e. The van der Waals surface area contributed by atoms with E-state index < -0.39 is 6.10 Å². The van der Waals surface area contributed by atoms with E-state index in [2.05, 4.69) is 93.7 Å². The van der Waals surface area contributed by atoms with Gasteiger partial charge in [0.25, 0.3) is 0 Å². The highest BCUT2D eigenvalue weighted by atomic mass is 16.6. The van der Waals surface area contributed by atoms with Crippen LogP contribution in [0.2, 0.25) is 0 Å². The number of rotatable bonds is 66. The first-order valence-corrected chi connectivity index (χ1v) is 35.9. The third-order valence-corrected chi connectivity index (χ3v) is 15.9. The van der Waals surface area contributed by atoms with Gasteiger partial charge in [-0.05, 0) is 109 Å². The van der Waals surface area contributed by atoms with Crippen LogP contribution in [0.1, 0.15) is 374 Å². The molecule has 0 aliphatic heterocycles. The number of esters is 3. The maximum absolute atomic E-state index is 12.9. The fourth-order valence-corrected chi connectivity index (χ4v) is 10.5. The molecule has 0 spiro atoms. The summed E-state index contributed by atoms with van der Waals surface area (Å²) in [6.07, 6.45) is 92.3.